The van der Waals surface area contributed by atoms with E-state index in [1.807, 2.05) is 0 Å². The lowest BCUT2D eigenvalue weighted by molar-refractivity contribution is -0.123. The Labute approximate surface area is 79.3 Å². The number of nitrogens with two attached hydrogens (primary N) is 1. The largest absolute Gasteiger partial charge is 0.393 e. The third kappa shape index (κ3) is 2.44. The van der Waals surface area contributed by atoms with Crippen LogP contribution in [0.3, 0.4) is 0 Å². The van der Waals surface area contributed by atoms with E-state index in [9.17, 15) is 9.90 Å². The number of primary amides is 1. The molecule has 1 fully saturated rings. The summed E-state index contributed by atoms with van der Waals surface area (Å²) in [7, 11) is 0. The van der Waals surface area contributed by atoms with Gasteiger partial charge < -0.3 is 10.8 Å². The maximum absolute atomic E-state index is 10.9. The average molecular weight is 185 g/mol. The van der Waals surface area contributed by atoms with Gasteiger partial charge in [0.05, 0.1) is 6.10 Å². The summed E-state index contributed by atoms with van der Waals surface area (Å²) >= 11 is 0. The molecule has 0 aromatic heterocycles. The van der Waals surface area contributed by atoms with Crippen molar-refractivity contribution in [3.05, 3.63) is 0 Å². The fourth-order valence-electron chi connectivity index (χ4n) is 2.35. The first-order valence-corrected chi connectivity index (χ1v) is 5.03. The van der Waals surface area contributed by atoms with Crippen molar-refractivity contribution in [3.63, 3.8) is 0 Å². The molecule has 0 spiro atoms. The summed E-state index contributed by atoms with van der Waals surface area (Å²) in [5.41, 5.74) is 4.98. The molecule has 3 N–H and O–H groups in total. The van der Waals surface area contributed by atoms with E-state index in [0.29, 0.717) is 6.42 Å². The van der Waals surface area contributed by atoms with Crippen LogP contribution in [0.1, 0.15) is 45.4 Å². The number of amides is 1. The van der Waals surface area contributed by atoms with Crippen LogP contribution in [0, 0.1) is 5.41 Å². The fourth-order valence-corrected chi connectivity index (χ4v) is 2.35. The maximum Gasteiger partial charge on any atom is 0.218 e. The molecule has 1 atom stereocenters. The molecule has 0 aromatic carbocycles. The van der Waals surface area contributed by atoms with Crippen LogP contribution in [-0.4, -0.2) is 17.1 Å². The first kappa shape index (κ1) is 10.5. The molecule has 0 heterocycles. The van der Waals surface area contributed by atoms with Crippen LogP contribution in [-0.2, 0) is 4.79 Å². The van der Waals surface area contributed by atoms with Crippen LogP contribution < -0.4 is 5.73 Å². The fraction of sp³-hybridized carbons (Fsp3) is 0.900. The third-order valence-electron chi connectivity index (χ3n) is 3.26. The zero-order chi connectivity index (χ0) is 9.90. The highest BCUT2D eigenvalue weighted by atomic mass is 16.3. The van der Waals surface area contributed by atoms with Crippen molar-refractivity contribution in [2.24, 2.45) is 11.1 Å². The van der Waals surface area contributed by atoms with Crippen molar-refractivity contribution in [3.8, 4) is 0 Å². The van der Waals surface area contributed by atoms with E-state index in [0.717, 1.165) is 25.7 Å². The molecule has 76 valence electrons. The van der Waals surface area contributed by atoms with E-state index in [1.54, 1.807) is 6.92 Å². The van der Waals surface area contributed by atoms with Crippen LogP contribution in [0.25, 0.3) is 0 Å². The third-order valence-corrected chi connectivity index (χ3v) is 3.26. The minimum atomic E-state index is -0.416. The number of carbonyl (C=O) groups is 1. The molecule has 0 aliphatic heterocycles. The first-order chi connectivity index (χ1) is 6.07. The summed E-state index contributed by atoms with van der Waals surface area (Å²) in [5.74, 6) is -0.289. The lowest BCUT2D eigenvalue weighted by Crippen LogP contribution is -2.39. The van der Waals surface area contributed by atoms with E-state index in [2.05, 4.69) is 0 Å². The second-order valence-corrected chi connectivity index (χ2v) is 4.24. The van der Waals surface area contributed by atoms with Crippen molar-refractivity contribution >= 4 is 5.91 Å². The van der Waals surface area contributed by atoms with Gasteiger partial charge in [-0.05, 0) is 19.8 Å². The van der Waals surface area contributed by atoms with Crippen LogP contribution in [0.15, 0.2) is 0 Å². The number of hydrogen-bond acceptors (Lipinski definition) is 2. The van der Waals surface area contributed by atoms with Gasteiger partial charge in [-0.2, -0.15) is 0 Å². The zero-order valence-electron chi connectivity index (χ0n) is 8.25. The van der Waals surface area contributed by atoms with E-state index < -0.39 is 6.10 Å². The number of aliphatic hydroxyl groups excluding tert-OH is 1. The lowest BCUT2D eigenvalue weighted by Gasteiger charge is -2.39. The Bertz CT molecular complexity index is 183. The predicted octanol–water partition coefficient (Wildman–Crippen LogP) is 1.19. The van der Waals surface area contributed by atoms with Gasteiger partial charge in [0.25, 0.3) is 0 Å². The normalized spacial score (nSPS) is 23.8. The maximum atomic E-state index is 10.9. The highest BCUT2D eigenvalue weighted by Crippen LogP contribution is 2.41. The molecule has 0 radical (unpaired) electrons. The Morgan fingerprint density at radius 2 is 2.00 bits per heavy atom. The van der Waals surface area contributed by atoms with E-state index in [1.165, 1.54) is 6.42 Å². The van der Waals surface area contributed by atoms with Gasteiger partial charge in [-0.3, -0.25) is 4.79 Å². The van der Waals surface area contributed by atoms with Crippen molar-refractivity contribution in [1.82, 2.24) is 0 Å². The van der Waals surface area contributed by atoms with E-state index >= 15 is 0 Å². The Kier molecular flexibility index (Phi) is 3.31. The second kappa shape index (κ2) is 4.09. The quantitative estimate of drug-likeness (QED) is 0.693. The second-order valence-electron chi connectivity index (χ2n) is 4.24. The van der Waals surface area contributed by atoms with Gasteiger partial charge in [-0.15, -0.1) is 0 Å². The molecule has 1 saturated carbocycles. The molecule has 3 heteroatoms. The summed E-state index contributed by atoms with van der Waals surface area (Å²) in [6.07, 6.45) is 5.23. The topological polar surface area (TPSA) is 63.3 Å². The van der Waals surface area contributed by atoms with E-state index in [4.69, 9.17) is 5.73 Å². The van der Waals surface area contributed by atoms with E-state index in [-0.39, 0.29) is 11.3 Å². The van der Waals surface area contributed by atoms with Crippen molar-refractivity contribution in [2.75, 3.05) is 0 Å². The highest BCUT2D eigenvalue weighted by Gasteiger charge is 2.37. The molecule has 3 nitrogen and oxygen atoms in total. The zero-order valence-corrected chi connectivity index (χ0v) is 8.25. The van der Waals surface area contributed by atoms with Crippen molar-refractivity contribution < 1.29 is 9.90 Å². The molecule has 1 rings (SSSR count). The molecule has 1 aliphatic rings. The molecule has 1 aliphatic carbocycles. The van der Waals surface area contributed by atoms with Gasteiger partial charge in [0, 0.05) is 11.8 Å². The SMILES string of the molecule is CC(O)C1(CC(N)=O)CCCCC1. The Morgan fingerprint density at radius 3 is 2.38 bits per heavy atom. The van der Waals surface area contributed by atoms with Crippen molar-refractivity contribution in [1.29, 1.82) is 0 Å². The Morgan fingerprint density at radius 1 is 1.46 bits per heavy atom. The van der Waals surface area contributed by atoms with Gasteiger partial charge in [0.2, 0.25) is 5.91 Å². The summed E-state index contributed by atoms with van der Waals surface area (Å²) in [6, 6.07) is 0. The summed E-state index contributed by atoms with van der Waals surface area (Å²) in [4.78, 5) is 10.9. The van der Waals surface area contributed by atoms with Gasteiger partial charge in [0.1, 0.15) is 0 Å². The van der Waals surface area contributed by atoms with Crippen molar-refractivity contribution in [2.45, 2.75) is 51.6 Å². The minimum Gasteiger partial charge on any atom is -0.393 e. The molecule has 0 bridgehead atoms. The highest BCUT2D eigenvalue weighted by molar-refractivity contribution is 5.74. The Balaban J connectivity index is 2.67. The van der Waals surface area contributed by atoms with Crippen LogP contribution in [0.5, 0.6) is 0 Å². The average Bonchev–Trinajstić information content (AvgIpc) is 2.04. The van der Waals surface area contributed by atoms with Gasteiger partial charge in [-0.25, -0.2) is 0 Å². The minimum absolute atomic E-state index is 0.218. The summed E-state index contributed by atoms with van der Waals surface area (Å²) in [6.45, 7) is 1.77. The monoisotopic (exact) mass is 185 g/mol. The van der Waals surface area contributed by atoms with Gasteiger partial charge >= 0.3 is 0 Å². The summed E-state index contributed by atoms with van der Waals surface area (Å²) < 4.78 is 0. The van der Waals surface area contributed by atoms with Crippen LogP contribution in [0.4, 0.5) is 0 Å². The molecule has 13 heavy (non-hydrogen) atoms. The van der Waals surface area contributed by atoms with Gasteiger partial charge in [-0.1, -0.05) is 19.3 Å². The van der Waals surface area contributed by atoms with Crippen LogP contribution >= 0.6 is 0 Å². The Hall–Kier alpha value is -0.570. The molecular formula is C10H19NO2. The first-order valence-electron chi connectivity index (χ1n) is 5.03. The predicted molar refractivity (Wildman–Crippen MR) is 51.0 cm³/mol. The lowest BCUT2D eigenvalue weighted by atomic mass is 9.68. The number of carbonyl (C=O) groups excluding carboxylic acids is 1. The number of rotatable bonds is 3. The molecular weight excluding hydrogens is 166 g/mol. The molecule has 0 saturated heterocycles. The summed E-state index contributed by atoms with van der Waals surface area (Å²) in [5, 5.41) is 9.67. The smallest absolute Gasteiger partial charge is 0.218 e. The number of aliphatic hydroxyl groups is 1. The standard InChI is InChI=1S/C10H19NO2/c1-8(12)10(7-9(11)13)5-3-2-4-6-10/h8,12H,2-7H2,1H3,(H2,11,13). The van der Waals surface area contributed by atoms with Crippen LogP contribution in [0.2, 0.25) is 0 Å². The van der Waals surface area contributed by atoms with Gasteiger partial charge in [0.15, 0.2) is 0 Å². The molecule has 1 unspecified atom stereocenters. The number of hydrogen-bond donors (Lipinski definition) is 2. The molecule has 0 aromatic rings. The molecule has 1 amide bonds.